The van der Waals surface area contributed by atoms with Crippen LogP contribution in [-0.4, -0.2) is 23.3 Å². The van der Waals surface area contributed by atoms with E-state index >= 15 is 0 Å². The lowest BCUT2D eigenvalue weighted by Crippen LogP contribution is -2.45. The van der Waals surface area contributed by atoms with E-state index in [1.54, 1.807) is 0 Å². The van der Waals surface area contributed by atoms with Crippen molar-refractivity contribution in [3.05, 3.63) is 108 Å². The molecule has 176 valence electrons. The number of aldehydes is 1. The van der Waals surface area contributed by atoms with Crippen molar-refractivity contribution < 1.29 is 14.3 Å². The molecule has 4 heteroatoms. The fourth-order valence-corrected chi connectivity index (χ4v) is 5.20. The summed E-state index contributed by atoms with van der Waals surface area (Å²) in [5.41, 5.74) is 3.37. The van der Waals surface area contributed by atoms with Gasteiger partial charge in [0.25, 0.3) is 0 Å². The monoisotopic (exact) mass is 455 g/mol. The van der Waals surface area contributed by atoms with Crippen LogP contribution in [0.3, 0.4) is 0 Å². The number of benzene rings is 3. The van der Waals surface area contributed by atoms with Crippen molar-refractivity contribution in [2.75, 3.05) is 0 Å². The number of amides is 1. The fourth-order valence-electron chi connectivity index (χ4n) is 5.20. The lowest BCUT2D eigenvalue weighted by molar-refractivity contribution is -0.108. The highest BCUT2D eigenvalue weighted by molar-refractivity contribution is 5.68. The third-order valence-corrected chi connectivity index (χ3v) is 7.12. The van der Waals surface area contributed by atoms with Gasteiger partial charge in [0.05, 0.1) is 0 Å². The van der Waals surface area contributed by atoms with Crippen LogP contribution in [0.1, 0.15) is 55.2 Å². The second-order valence-corrected chi connectivity index (χ2v) is 9.24. The standard InChI is InChI=1S/C30H33NO3/c32-22-10-19-30(27-15-8-3-9-16-27)20-17-28(18-21-30)31(23-25-11-4-1-5-12-25)29(33)34-24-26-13-6-2-7-14-26/h1-9,11-16,22,28H,10,17-21,23-24H2. The summed E-state index contributed by atoms with van der Waals surface area (Å²) in [6, 6.07) is 30.6. The second kappa shape index (κ2) is 11.6. The summed E-state index contributed by atoms with van der Waals surface area (Å²) in [7, 11) is 0. The summed E-state index contributed by atoms with van der Waals surface area (Å²) in [4.78, 5) is 26.4. The minimum atomic E-state index is -0.266. The molecule has 3 aromatic rings. The molecular formula is C30H33NO3. The molecule has 4 rings (SSSR count). The van der Waals surface area contributed by atoms with Crippen LogP contribution >= 0.6 is 0 Å². The normalized spacial score (nSPS) is 19.8. The quantitative estimate of drug-likeness (QED) is 0.338. The van der Waals surface area contributed by atoms with Crippen molar-refractivity contribution in [3.8, 4) is 0 Å². The van der Waals surface area contributed by atoms with Crippen molar-refractivity contribution in [2.24, 2.45) is 0 Å². The Kier molecular flexibility index (Phi) is 8.13. The van der Waals surface area contributed by atoms with E-state index in [4.69, 9.17) is 4.74 Å². The molecule has 1 aliphatic carbocycles. The van der Waals surface area contributed by atoms with E-state index in [1.807, 2.05) is 59.5 Å². The van der Waals surface area contributed by atoms with Crippen molar-refractivity contribution in [3.63, 3.8) is 0 Å². The molecule has 4 nitrogen and oxygen atoms in total. The average molecular weight is 456 g/mol. The Hall–Kier alpha value is -3.40. The maximum atomic E-state index is 13.3. The summed E-state index contributed by atoms with van der Waals surface area (Å²) < 4.78 is 5.76. The van der Waals surface area contributed by atoms with Crippen LogP contribution in [0, 0.1) is 0 Å². The lowest BCUT2D eigenvalue weighted by atomic mass is 9.65. The van der Waals surface area contributed by atoms with Crippen molar-refractivity contribution >= 4 is 12.4 Å². The van der Waals surface area contributed by atoms with E-state index in [-0.39, 0.29) is 24.2 Å². The second-order valence-electron chi connectivity index (χ2n) is 9.24. The highest BCUT2D eigenvalue weighted by Crippen LogP contribution is 2.44. The first kappa shape index (κ1) is 23.7. The van der Waals surface area contributed by atoms with Crippen molar-refractivity contribution in [2.45, 2.75) is 63.1 Å². The van der Waals surface area contributed by atoms with Crippen LogP contribution in [0.5, 0.6) is 0 Å². The molecule has 0 bridgehead atoms. The van der Waals surface area contributed by atoms with Gasteiger partial charge in [-0.05, 0) is 54.2 Å². The molecule has 1 amide bonds. The lowest BCUT2D eigenvalue weighted by Gasteiger charge is -2.43. The van der Waals surface area contributed by atoms with Crippen LogP contribution in [-0.2, 0) is 28.1 Å². The van der Waals surface area contributed by atoms with E-state index in [0.717, 1.165) is 49.5 Å². The molecule has 0 saturated heterocycles. The number of nitrogens with zero attached hydrogens (tertiary/aromatic N) is 1. The Labute approximate surface area is 202 Å². The number of carbonyl (C=O) groups is 2. The summed E-state index contributed by atoms with van der Waals surface area (Å²) >= 11 is 0. The smallest absolute Gasteiger partial charge is 0.410 e. The van der Waals surface area contributed by atoms with Gasteiger partial charge in [-0.25, -0.2) is 4.79 Å². The summed E-state index contributed by atoms with van der Waals surface area (Å²) in [6.45, 7) is 0.802. The van der Waals surface area contributed by atoms with Crippen LogP contribution < -0.4 is 0 Å². The maximum absolute atomic E-state index is 13.3. The Bertz CT molecular complexity index is 1030. The fraction of sp³-hybridized carbons (Fsp3) is 0.333. The molecule has 1 saturated carbocycles. The minimum Gasteiger partial charge on any atom is -0.445 e. The molecular weight excluding hydrogens is 422 g/mol. The first-order chi connectivity index (χ1) is 16.7. The summed E-state index contributed by atoms with van der Waals surface area (Å²) in [5.74, 6) is 0. The Balaban J connectivity index is 1.49. The van der Waals surface area contributed by atoms with Gasteiger partial charge in [0.2, 0.25) is 0 Å². The zero-order chi connectivity index (χ0) is 23.6. The minimum absolute atomic E-state index is 0.00890. The Morgan fingerprint density at radius 2 is 1.41 bits per heavy atom. The van der Waals surface area contributed by atoms with Gasteiger partial charge in [-0.15, -0.1) is 0 Å². The van der Waals surface area contributed by atoms with Gasteiger partial charge in [0, 0.05) is 19.0 Å². The van der Waals surface area contributed by atoms with E-state index in [9.17, 15) is 9.59 Å². The number of hydrogen-bond donors (Lipinski definition) is 0. The molecule has 0 aliphatic heterocycles. The highest BCUT2D eigenvalue weighted by atomic mass is 16.6. The van der Waals surface area contributed by atoms with E-state index in [0.29, 0.717) is 13.0 Å². The number of hydrogen-bond acceptors (Lipinski definition) is 3. The number of ether oxygens (including phenoxy) is 1. The van der Waals surface area contributed by atoms with E-state index in [1.165, 1.54) is 5.56 Å². The highest BCUT2D eigenvalue weighted by Gasteiger charge is 2.39. The van der Waals surface area contributed by atoms with Gasteiger partial charge in [-0.3, -0.25) is 0 Å². The third-order valence-electron chi connectivity index (χ3n) is 7.12. The van der Waals surface area contributed by atoms with E-state index < -0.39 is 0 Å². The largest absolute Gasteiger partial charge is 0.445 e. The average Bonchev–Trinajstić information content (AvgIpc) is 2.91. The Morgan fingerprint density at radius 1 is 0.853 bits per heavy atom. The third kappa shape index (κ3) is 5.93. The molecule has 1 fully saturated rings. The van der Waals surface area contributed by atoms with Gasteiger partial charge in [-0.2, -0.15) is 0 Å². The first-order valence-electron chi connectivity index (χ1n) is 12.2. The first-order valence-corrected chi connectivity index (χ1v) is 12.2. The van der Waals surface area contributed by atoms with Crippen molar-refractivity contribution in [1.82, 2.24) is 4.90 Å². The van der Waals surface area contributed by atoms with Gasteiger partial charge in [0.15, 0.2) is 0 Å². The number of carbonyl (C=O) groups excluding carboxylic acids is 2. The zero-order valence-corrected chi connectivity index (χ0v) is 19.6. The van der Waals surface area contributed by atoms with Gasteiger partial charge < -0.3 is 14.4 Å². The van der Waals surface area contributed by atoms with Gasteiger partial charge in [0.1, 0.15) is 12.9 Å². The molecule has 0 heterocycles. The molecule has 0 atom stereocenters. The van der Waals surface area contributed by atoms with Gasteiger partial charge >= 0.3 is 6.09 Å². The topological polar surface area (TPSA) is 46.6 Å². The SMILES string of the molecule is O=CCCC1(c2ccccc2)CCC(N(Cc2ccccc2)C(=O)OCc2ccccc2)CC1. The molecule has 1 aliphatic rings. The summed E-state index contributed by atoms with van der Waals surface area (Å²) in [5, 5.41) is 0. The molecule has 0 radical (unpaired) electrons. The predicted molar refractivity (Wildman–Crippen MR) is 134 cm³/mol. The molecule has 34 heavy (non-hydrogen) atoms. The molecule has 0 unspecified atom stereocenters. The predicted octanol–water partition coefficient (Wildman–Crippen LogP) is 6.69. The van der Waals surface area contributed by atoms with Gasteiger partial charge in [-0.1, -0.05) is 91.0 Å². The van der Waals surface area contributed by atoms with E-state index in [2.05, 4.69) is 36.4 Å². The Morgan fingerprint density at radius 3 is 2.00 bits per heavy atom. The van der Waals surface area contributed by atoms with Crippen molar-refractivity contribution in [1.29, 1.82) is 0 Å². The molecule has 0 spiro atoms. The van der Waals surface area contributed by atoms with Crippen LogP contribution in [0.25, 0.3) is 0 Å². The molecule has 0 aromatic heterocycles. The molecule has 3 aromatic carbocycles. The van der Waals surface area contributed by atoms with Crippen LogP contribution in [0.4, 0.5) is 4.79 Å². The zero-order valence-electron chi connectivity index (χ0n) is 19.6. The maximum Gasteiger partial charge on any atom is 0.410 e. The van der Waals surface area contributed by atoms with Crippen LogP contribution in [0.2, 0.25) is 0 Å². The summed E-state index contributed by atoms with van der Waals surface area (Å²) in [6.07, 6.45) is 5.86. The molecule has 0 N–H and O–H groups in total. The number of rotatable bonds is 9. The van der Waals surface area contributed by atoms with Crippen LogP contribution in [0.15, 0.2) is 91.0 Å².